The van der Waals surface area contributed by atoms with Gasteiger partial charge in [-0.1, -0.05) is 51.0 Å². The van der Waals surface area contributed by atoms with Crippen molar-refractivity contribution in [3.05, 3.63) is 34.7 Å². The highest BCUT2D eigenvalue weighted by molar-refractivity contribution is 7.52. The maximum atomic E-state index is 14.3. The Hall–Kier alpha value is -2.91. The van der Waals surface area contributed by atoms with E-state index < -0.39 is 36.8 Å². The topological polar surface area (TPSA) is 151 Å². The van der Waals surface area contributed by atoms with Crippen molar-refractivity contribution in [2.75, 3.05) is 13.1 Å². The van der Waals surface area contributed by atoms with E-state index in [4.69, 9.17) is 9.79 Å². The summed E-state index contributed by atoms with van der Waals surface area (Å²) in [5, 5.41) is 13.0. The molecule has 1 aromatic carbocycles. The second-order valence-corrected chi connectivity index (χ2v) is 16.0. The van der Waals surface area contributed by atoms with Crippen molar-refractivity contribution in [2.45, 2.75) is 94.4 Å². The number of rotatable bonds is 6. The Balaban J connectivity index is 1.17. The molecular weight excluding hydrogens is 637 g/mol. The van der Waals surface area contributed by atoms with Crippen LogP contribution in [0.2, 0.25) is 0 Å². The molecule has 14 heteroatoms. The summed E-state index contributed by atoms with van der Waals surface area (Å²) < 4.78 is 40.4. The average molecular weight is 677 g/mol. The van der Waals surface area contributed by atoms with Crippen LogP contribution in [0.4, 0.5) is 8.78 Å². The first-order valence-corrected chi connectivity index (χ1v) is 18.6. The Bertz CT molecular complexity index is 1600. The second kappa shape index (κ2) is 12.9. The zero-order valence-electron chi connectivity index (χ0n) is 25.4. The largest absolute Gasteiger partial charge is 0.399 e. The predicted molar refractivity (Wildman–Crippen MR) is 167 cm³/mol. The summed E-state index contributed by atoms with van der Waals surface area (Å²) in [5.74, 6) is -0.597. The molecule has 3 N–H and O–H groups in total. The van der Waals surface area contributed by atoms with E-state index in [1.807, 2.05) is 0 Å². The van der Waals surface area contributed by atoms with Crippen molar-refractivity contribution in [2.24, 2.45) is 17.8 Å². The van der Waals surface area contributed by atoms with Gasteiger partial charge in [0, 0.05) is 29.4 Å². The molecule has 1 aliphatic carbocycles. The molecule has 3 saturated heterocycles. The molecule has 3 aliphatic heterocycles. The van der Waals surface area contributed by atoms with Gasteiger partial charge in [-0.25, -0.2) is 0 Å². The number of hydrogen-bond acceptors (Lipinski definition) is 6. The lowest BCUT2D eigenvalue weighted by atomic mass is 9.76. The average Bonchev–Trinajstić information content (AvgIpc) is 3.77. The van der Waals surface area contributed by atoms with Crippen LogP contribution in [0.1, 0.15) is 85.9 Å². The summed E-state index contributed by atoms with van der Waals surface area (Å²) in [5.41, 5.74) is -5.23. The van der Waals surface area contributed by atoms with Crippen molar-refractivity contribution in [1.29, 1.82) is 5.26 Å². The highest BCUT2D eigenvalue weighted by Crippen LogP contribution is 2.59. The van der Waals surface area contributed by atoms with Crippen LogP contribution in [0.25, 0.3) is 10.1 Å². The molecule has 4 aliphatic rings. The fourth-order valence-electron chi connectivity index (χ4n) is 8.04. The molecule has 0 spiro atoms. The number of likely N-dealkylation sites (tertiary alicyclic amines) is 1. The van der Waals surface area contributed by atoms with Crippen molar-refractivity contribution < 1.29 is 37.5 Å². The first kappa shape index (κ1) is 33.0. The lowest BCUT2D eigenvalue weighted by Gasteiger charge is -2.36. The van der Waals surface area contributed by atoms with E-state index in [2.05, 4.69) is 11.4 Å². The van der Waals surface area contributed by atoms with E-state index in [9.17, 15) is 33.0 Å². The summed E-state index contributed by atoms with van der Waals surface area (Å²) in [6.45, 7) is 0.923. The Morgan fingerprint density at radius 1 is 1.00 bits per heavy atom. The zero-order chi connectivity index (χ0) is 32.8. The number of halogens is 2. The summed E-state index contributed by atoms with van der Waals surface area (Å²) in [6.07, 6.45) is 9.65. The molecule has 10 nitrogen and oxygen atoms in total. The van der Waals surface area contributed by atoms with Gasteiger partial charge < -0.3 is 24.9 Å². The van der Waals surface area contributed by atoms with E-state index in [1.165, 1.54) is 18.6 Å². The highest BCUT2D eigenvalue weighted by atomic mass is 32.1. The molecule has 1 saturated carbocycles. The van der Waals surface area contributed by atoms with Gasteiger partial charge in [-0.3, -0.25) is 18.9 Å². The van der Waals surface area contributed by atoms with Gasteiger partial charge in [-0.05, 0) is 61.1 Å². The van der Waals surface area contributed by atoms with Crippen LogP contribution < -0.4 is 5.32 Å². The van der Waals surface area contributed by atoms with Gasteiger partial charge in [0.25, 0.3) is 5.91 Å². The molecular formula is C32H39F2N4O6PS. The number of amides is 3. The van der Waals surface area contributed by atoms with Crippen LogP contribution in [-0.4, -0.2) is 68.5 Å². The molecule has 4 heterocycles. The molecule has 6 rings (SSSR count). The number of nitrogens with zero attached hydrogens (tertiary/aromatic N) is 3. The first-order chi connectivity index (χ1) is 21.9. The fraction of sp³-hybridized carbons (Fsp3) is 0.625. The minimum absolute atomic E-state index is 0.108. The molecule has 248 valence electrons. The fourth-order valence-corrected chi connectivity index (χ4v) is 9.47. The monoisotopic (exact) mass is 676 g/mol. The second-order valence-electron chi connectivity index (χ2n) is 13.3. The number of alkyl halides is 2. The van der Waals surface area contributed by atoms with Crippen LogP contribution in [0.5, 0.6) is 0 Å². The molecule has 5 atom stereocenters. The van der Waals surface area contributed by atoms with Gasteiger partial charge >= 0.3 is 13.3 Å². The predicted octanol–water partition coefficient (Wildman–Crippen LogP) is 5.34. The normalized spacial score (nSPS) is 28.1. The van der Waals surface area contributed by atoms with Gasteiger partial charge in [0.05, 0.1) is 16.9 Å². The molecule has 46 heavy (non-hydrogen) atoms. The van der Waals surface area contributed by atoms with E-state index >= 15 is 0 Å². The zero-order valence-corrected chi connectivity index (χ0v) is 27.2. The number of fused-ring (bicyclic) bond motifs is 2. The van der Waals surface area contributed by atoms with Crippen LogP contribution in [0.3, 0.4) is 0 Å². The van der Waals surface area contributed by atoms with Crippen molar-refractivity contribution in [1.82, 2.24) is 15.1 Å². The minimum atomic E-state index is -5.76. The highest BCUT2D eigenvalue weighted by Gasteiger charge is 2.51. The van der Waals surface area contributed by atoms with Crippen LogP contribution >= 0.6 is 18.9 Å². The van der Waals surface area contributed by atoms with Gasteiger partial charge in [0.15, 0.2) is 0 Å². The van der Waals surface area contributed by atoms with Crippen LogP contribution in [-0.2, 0) is 19.8 Å². The van der Waals surface area contributed by atoms with Crippen molar-refractivity contribution >= 4 is 46.7 Å². The SMILES string of the molecule is N#C[C@H]1CN(C(=O)[C@@H]2CC[C@@H]3CCCC[C@H](NC(=O)c4cc5cc(C(F)(F)P(=O)(O)O)ccc5s4)C(=O)N32)CC1C1CCCCC1. The number of carbonyl (C=O) groups is 3. The maximum Gasteiger partial charge on any atom is 0.399 e. The maximum absolute atomic E-state index is 14.3. The van der Waals surface area contributed by atoms with Crippen molar-refractivity contribution in [3.63, 3.8) is 0 Å². The first-order valence-electron chi connectivity index (χ1n) is 16.2. The molecule has 1 unspecified atom stereocenters. The standard InChI is InChI=1S/C32H39F2N4O6PS/c33-32(34,45(42,43)44)22-10-13-27-20(14-22)15-28(46-27)29(39)36-25-9-5-4-8-23-11-12-26(38(23)30(25)40)31(41)37-17-21(16-35)24(18-37)19-6-2-1-3-7-19/h10,13-15,19,21,23-26H,1-9,11-12,17-18H2,(H,36,39)(H2,42,43,44)/t21-,23-,24?,25-,26-/m0/s1. The molecule has 1 aromatic heterocycles. The number of benzene rings is 1. The quantitative estimate of drug-likeness (QED) is 0.350. The third kappa shape index (κ3) is 6.21. The van der Waals surface area contributed by atoms with Gasteiger partial charge in [0.2, 0.25) is 11.8 Å². The number of carbonyl (C=O) groups excluding carboxylic acids is 3. The third-order valence-corrected chi connectivity index (χ3v) is 12.6. The summed E-state index contributed by atoms with van der Waals surface area (Å²) in [4.78, 5) is 63.3. The summed E-state index contributed by atoms with van der Waals surface area (Å²) >= 11 is 1.02. The van der Waals surface area contributed by atoms with Crippen molar-refractivity contribution in [3.8, 4) is 6.07 Å². The van der Waals surface area contributed by atoms with Crippen LogP contribution in [0.15, 0.2) is 24.3 Å². The van der Waals surface area contributed by atoms with E-state index in [0.717, 1.165) is 62.0 Å². The number of hydrogen-bond donors (Lipinski definition) is 3. The Labute approximate surface area is 270 Å². The smallest absolute Gasteiger partial charge is 0.340 e. The lowest BCUT2D eigenvalue weighted by molar-refractivity contribution is -0.146. The molecule has 2 aromatic rings. The van der Waals surface area contributed by atoms with Crippen LogP contribution in [0, 0.1) is 29.1 Å². The van der Waals surface area contributed by atoms with Gasteiger partial charge in [-0.15, -0.1) is 11.3 Å². The molecule has 3 amide bonds. The minimum Gasteiger partial charge on any atom is -0.340 e. The van der Waals surface area contributed by atoms with E-state index in [-0.39, 0.29) is 40.0 Å². The summed E-state index contributed by atoms with van der Waals surface area (Å²) in [7, 11) is -5.76. The third-order valence-electron chi connectivity index (χ3n) is 10.5. The molecule has 0 bridgehead atoms. The molecule has 0 radical (unpaired) electrons. The molecule has 4 fully saturated rings. The Kier molecular flexibility index (Phi) is 9.29. The van der Waals surface area contributed by atoms with Gasteiger partial charge in [0.1, 0.15) is 12.1 Å². The number of nitrogens with one attached hydrogen (secondary N) is 1. The van der Waals surface area contributed by atoms with E-state index in [1.54, 1.807) is 9.80 Å². The summed E-state index contributed by atoms with van der Waals surface area (Å²) in [6, 6.07) is 5.37. The number of thiophene rings is 1. The van der Waals surface area contributed by atoms with Gasteiger partial charge in [-0.2, -0.15) is 14.0 Å². The number of nitriles is 1. The van der Waals surface area contributed by atoms with E-state index in [0.29, 0.717) is 49.4 Å². The Morgan fingerprint density at radius 3 is 2.43 bits per heavy atom. The Morgan fingerprint density at radius 2 is 1.72 bits per heavy atom. The lowest BCUT2D eigenvalue weighted by Crippen LogP contribution is -2.56.